The Balaban J connectivity index is 1.37. The van der Waals surface area contributed by atoms with Gasteiger partial charge in [0.1, 0.15) is 22.8 Å². The maximum Gasteiger partial charge on any atom is 0.255 e. The number of rotatable bonds is 4. The average Bonchev–Trinajstić information content (AvgIpc) is 2.92. The zero-order valence-electron chi connectivity index (χ0n) is 21.7. The van der Waals surface area contributed by atoms with Gasteiger partial charge in [-0.1, -0.05) is 30.3 Å². The number of aromatic hydroxyl groups is 1. The maximum absolute atomic E-state index is 13.8. The molecule has 10 heteroatoms. The summed E-state index contributed by atoms with van der Waals surface area (Å²) < 4.78 is 5.42. The van der Waals surface area contributed by atoms with Crippen LogP contribution in [-0.2, 0) is 27.3 Å². The molecular weight excluding hydrogens is 516 g/mol. The van der Waals surface area contributed by atoms with Crippen molar-refractivity contribution in [3.8, 4) is 16.9 Å². The van der Waals surface area contributed by atoms with Gasteiger partial charge in [-0.15, -0.1) is 0 Å². The fourth-order valence-electron chi connectivity index (χ4n) is 6.70. The van der Waals surface area contributed by atoms with Crippen molar-refractivity contribution in [3.63, 3.8) is 0 Å². The maximum atomic E-state index is 13.8. The number of fused-ring (bicyclic) bond motifs is 3. The third kappa shape index (κ3) is 3.94. The van der Waals surface area contributed by atoms with Gasteiger partial charge in [-0.3, -0.25) is 19.3 Å². The molecule has 0 radical (unpaired) electrons. The van der Waals surface area contributed by atoms with E-state index >= 15 is 0 Å². The number of phenolic OH excluding ortho intramolecular Hbond substituents is 1. The molecule has 10 nitrogen and oxygen atoms in total. The number of hydrogen-bond donors (Lipinski definition) is 5. The van der Waals surface area contributed by atoms with Gasteiger partial charge in [0.05, 0.1) is 18.8 Å². The number of Topliss-reactive ketones (excluding diaryl/α,β-unsaturated/α-hetero) is 2. The van der Waals surface area contributed by atoms with E-state index in [0.29, 0.717) is 18.8 Å². The van der Waals surface area contributed by atoms with Gasteiger partial charge >= 0.3 is 0 Å². The molecule has 2 aromatic carbocycles. The summed E-state index contributed by atoms with van der Waals surface area (Å²) in [6.45, 7) is 3.98. The lowest BCUT2D eigenvalue weighted by atomic mass is 9.60. The number of allylic oxidation sites excluding steroid dienone is 2. The lowest BCUT2D eigenvalue weighted by Gasteiger charge is -2.45. The molecule has 0 saturated carbocycles. The Morgan fingerprint density at radius 3 is 2.40 bits per heavy atom. The van der Waals surface area contributed by atoms with Crippen LogP contribution >= 0.6 is 0 Å². The Kier molecular flexibility index (Phi) is 6.29. The van der Waals surface area contributed by atoms with Gasteiger partial charge in [0.15, 0.2) is 11.4 Å². The number of carbonyl (C=O) groups is 3. The van der Waals surface area contributed by atoms with Gasteiger partial charge in [-0.05, 0) is 47.1 Å². The third-order valence-corrected chi connectivity index (χ3v) is 8.72. The van der Waals surface area contributed by atoms with E-state index in [2.05, 4.69) is 4.90 Å². The Morgan fingerprint density at radius 2 is 1.73 bits per heavy atom. The predicted octanol–water partition coefficient (Wildman–Crippen LogP) is 2.08. The van der Waals surface area contributed by atoms with Crippen LogP contribution in [0, 0.1) is 11.8 Å². The number of benzene rings is 2. The van der Waals surface area contributed by atoms with Gasteiger partial charge in [0.25, 0.3) is 5.91 Å². The minimum atomic E-state index is -2.57. The van der Waals surface area contributed by atoms with Crippen molar-refractivity contribution in [1.82, 2.24) is 4.90 Å². The number of carbonyl (C=O) groups excluding carboxylic acids is 3. The van der Waals surface area contributed by atoms with Crippen LogP contribution in [0.15, 0.2) is 59.1 Å². The number of phenols is 1. The predicted molar refractivity (Wildman–Crippen MR) is 142 cm³/mol. The Bertz CT molecular complexity index is 1500. The van der Waals surface area contributed by atoms with Crippen molar-refractivity contribution in [2.24, 2.45) is 17.6 Å². The lowest BCUT2D eigenvalue weighted by molar-refractivity contribution is -0.144. The summed E-state index contributed by atoms with van der Waals surface area (Å²) in [5.74, 6) is -6.36. The van der Waals surface area contributed by atoms with Gasteiger partial charge in [0.2, 0.25) is 5.78 Å². The van der Waals surface area contributed by atoms with E-state index in [1.54, 1.807) is 6.07 Å². The molecule has 3 aliphatic carbocycles. The van der Waals surface area contributed by atoms with E-state index < -0.39 is 52.0 Å². The van der Waals surface area contributed by atoms with Crippen LogP contribution in [0.5, 0.6) is 5.75 Å². The van der Waals surface area contributed by atoms with Crippen LogP contribution in [0.2, 0.25) is 0 Å². The van der Waals surface area contributed by atoms with Crippen molar-refractivity contribution in [3.05, 3.63) is 75.8 Å². The molecule has 3 atom stereocenters. The van der Waals surface area contributed by atoms with E-state index in [1.807, 2.05) is 24.3 Å². The molecule has 1 saturated heterocycles. The van der Waals surface area contributed by atoms with E-state index in [9.17, 15) is 34.8 Å². The second kappa shape index (κ2) is 9.58. The molecule has 0 spiro atoms. The summed E-state index contributed by atoms with van der Waals surface area (Å²) in [6.07, 6.45) is 0.0943. The Labute approximate surface area is 230 Å². The first-order valence-electron chi connectivity index (χ1n) is 13.3. The van der Waals surface area contributed by atoms with E-state index in [0.717, 1.165) is 36.3 Å². The first kappa shape index (κ1) is 26.2. The van der Waals surface area contributed by atoms with Gasteiger partial charge < -0.3 is 30.9 Å². The van der Waals surface area contributed by atoms with Crippen molar-refractivity contribution < 1.29 is 39.5 Å². The molecule has 1 amide bonds. The highest BCUT2D eigenvalue weighted by Crippen LogP contribution is 2.52. The molecule has 0 bridgehead atoms. The fraction of sp³-hybridized carbons (Fsp3) is 0.367. The van der Waals surface area contributed by atoms with Crippen LogP contribution in [0.25, 0.3) is 11.1 Å². The molecule has 6 N–H and O–H groups in total. The largest absolute Gasteiger partial charge is 0.511 e. The van der Waals surface area contributed by atoms with Gasteiger partial charge in [0, 0.05) is 37.5 Å². The number of ketones is 2. The first-order valence-corrected chi connectivity index (χ1v) is 13.3. The molecule has 1 heterocycles. The summed E-state index contributed by atoms with van der Waals surface area (Å²) in [7, 11) is 0. The number of hydrogen-bond acceptors (Lipinski definition) is 9. The molecule has 2 aromatic rings. The summed E-state index contributed by atoms with van der Waals surface area (Å²) >= 11 is 0. The molecule has 0 unspecified atom stereocenters. The number of amides is 1. The van der Waals surface area contributed by atoms with E-state index in [-0.39, 0.29) is 36.1 Å². The zero-order valence-corrected chi connectivity index (χ0v) is 21.7. The van der Waals surface area contributed by atoms with E-state index in [4.69, 9.17) is 10.5 Å². The Hall–Kier alpha value is -3.99. The smallest absolute Gasteiger partial charge is 0.255 e. The van der Waals surface area contributed by atoms with Crippen LogP contribution in [-0.4, -0.2) is 74.7 Å². The summed E-state index contributed by atoms with van der Waals surface area (Å²) in [5.41, 5.74) is 5.11. The van der Waals surface area contributed by atoms with Crippen molar-refractivity contribution in [1.29, 1.82) is 0 Å². The molecule has 1 fully saturated rings. The van der Waals surface area contributed by atoms with Crippen LogP contribution in [0.3, 0.4) is 0 Å². The molecule has 0 aromatic heterocycles. The number of nitrogens with two attached hydrogens (primary N) is 1. The highest BCUT2D eigenvalue weighted by atomic mass is 16.5. The van der Waals surface area contributed by atoms with Crippen LogP contribution in [0.4, 0.5) is 0 Å². The van der Waals surface area contributed by atoms with Gasteiger partial charge in [-0.25, -0.2) is 0 Å². The number of aliphatic hydroxyl groups is 3. The molecule has 1 aliphatic heterocycles. The van der Waals surface area contributed by atoms with E-state index in [1.165, 1.54) is 6.07 Å². The number of ether oxygens (including phenoxy) is 1. The van der Waals surface area contributed by atoms with Gasteiger partial charge in [-0.2, -0.15) is 0 Å². The normalized spacial score (nSPS) is 26.8. The molecule has 4 aliphatic rings. The molecular formula is C30H30N2O8. The van der Waals surface area contributed by atoms with Crippen molar-refractivity contribution in [2.75, 3.05) is 26.3 Å². The molecule has 6 rings (SSSR count). The van der Waals surface area contributed by atoms with Crippen LogP contribution < -0.4 is 5.73 Å². The minimum Gasteiger partial charge on any atom is -0.511 e. The standard InChI is InChI=1S/C30H30N2O8/c31-29(38)25-22(34)13-18-11-17-12-20-19(16-3-1-15(2-4-16)14-32-7-9-40-10-8-32)5-6-21(33)24(20)26(35)23(17)27(36)30(18,39)28(25)37/h1-6,17-18,33-34,36,39H,7-14H2,(H2,31,38)/t17-,18+,30+/m1/s1. The minimum absolute atomic E-state index is 0.00603. The quantitative estimate of drug-likeness (QED) is 0.360. The zero-order chi connectivity index (χ0) is 28.3. The second-order valence-corrected chi connectivity index (χ2v) is 11.0. The highest BCUT2D eigenvalue weighted by molar-refractivity contribution is 6.24. The Morgan fingerprint density at radius 1 is 1.02 bits per heavy atom. The second-order valence-electron chi connectivity index (χ2n) is 11.0. The number of morpholine rings is 1. The molecule has 40 heavy (non-hydrogen) atoms. The van der Waals surface area contributed by atoms with Crippen molar-refractivity contribution in [2.45, 2.75) is 31.4 Å². The van der Waals surface area contributed by atoms with Crippen LogP contribution in [0.1, 0.15) is 34.3 Å². The fourth-order valence-corrected chi connectivity index (χ4v) is 6.70. The number of primary amides is 1. The highest BCUT2D eigenvalue weighted by Gasteiger charge is 2.59. The lowest BCUT2D eigenvalue weighted by Crippen LogP contribution is -2.57. The summed E-state index contributed by atoms with van der Waals surface area (Å²) in [5, 5.41) is 43.6. The number of aliphatic hydroxyl groups excluding tert-OH is 2. The summed E-state index contributed by atoms with van der Waals surface area (Å²) in [6, 6.07) is 11.2. The topological polar surface area (TPSA) is 171 Å². The monoisotopic (exact) mass is 546 g/mol. The third-order valence-electron chi connectivity index (χ3n) is 8.72. The van der Waals surface area contributed by atoms with Crippen molar-refractivity contribution >= 4 is 17.5 Å². The summed E-state index contributed by atoms with van der Waals surface area (Å²) in [4.78, 5) is 41.0. The molecule has 208 valence electrons. The SMILES string of the molecule is NC(=O)C1=C(O)C[C@@H]2C[C@@H]3Cc4c(-c5ccc(CN6CCOCC6)cc5)ccc(O)c4C(=O)C3=C(O)[C@]2(O)C1=O. The number of nitrogens with zero attached hydrogens (tertiary/aromatic N) is 1. The first-order chi connectivity index (χ1) is 19.1. The average molecular weight is 547 g/mol.